The van der Waals surface area contributed by atoms with Crippen molar-refractivity contribution in [3.8, 4) is 5.75 Å². The Hall–Kier alpha value is -4.02. The molecular formula is C23H23F3N6O2. The summed E-state index contributed by atoms with van der Waals surface area (Å²) < 4.78 is 46.6. The van der Waals surface area contributed by atoms with Crippen LogP contribution in [0, 0.1) is 0 Å². The number of amides is 1. The Morgan fingerprint density at radius 2 is 1.97 bits per heavy atom. The van der Waals surface area contributed by atoms with Crippen LogP contribution in [0.5, 0.6) is 5.75 Å². The molecule has 178 valence electrons. The number of nitrogens with two attached hydrogens (primary N) is 1. The molecule has 1 aromatic heterocycles. The van der Waals surface area contributed by atoms with Gasteiger partial charge in [0.1, 0.15) is 17.1 Å². The molecule has 11 heteroatoms. The number of carbonyl (C=O) groups excluding carboxylic acids is 1. The molecule has 1 amide bonds. The summed E-state index contributed by atoms with van der Waals surface area (Å²) in [5.41, 5.74) is 7.43. The fourth-order valence-electron chi connectivity index (χ4n) is 3.99. The number of hydrogen-bond acceptors (Lipinski definition) is 7. The molecule has 8 nitrogen and oxygen atoms in total. The van der Waals surface area contributed by atoms with Crippen molar-refractivity contribution in [2.75, 3.05) is 23.5 Å². The molecule has 1 aliphatic carbocycles. The molecule has 5 N–H and O–H groups in total. The third-order valence-corrected chi connectivity index (χ3v) is 5.48. The first kappa shape index (κ1) is 23.1. The van der Waals surface area contributed by atoms with Gasteiger partial charge in [0.25, 0.3) is 0 Å². The van der Waals surface area contributed by atoms with Gasteiger partial charge in [0.05, 0.1) is 24.9 Å². The van der Waals surface area contributed by atoms with Crippen LogP contribution in [0.2, 0.25) is 0 Å². The van der Waals surface area contributed by atoms with Gasteiger partial charge in [-0.3, -0.25) is 4.79 Å². The zero-order valence-electron chi connectivity index (χ0n) is 18.4. The lowest BCUT2D eigenvalue weighted by molar-refractivity contribution is -0.137. The molecule has 3 aromatic rings. The van der Waals surface area contributed by atoms with E-state index >= 15 is 0 Å². The number of ether oxygens (including phenoxy) is 1. The van der Waals surface area contributed by atoms with E-state index in [2.05, 4.69) is 25.9 Å². The summed E-state index contributed by atoms with van der Waals surface area (Å²) in [5.74, 6) is -0.363. The van der Waals surface area contributed by atoms with Crippen LogP contribution >= 0.6 is 0 Å². The van der Waals surface area contributed by atoms with Gasteiger partial charge in [-0.2, -0.15) is 18.2 Å². The van der Waals surface area contributed by atoms with E-state index in [1.54, 1.807) is 18.2 Å². The van der Waals surface area contributed by atoms with Gasteiger partial charge in [0.15, 0.2) is 0 Å². The second-order valence-corrected chi connectivity index (χ2v) is 7.87. The van der Waals surface area contributed by atoms with Gasteiger partial charge in [-0.25, -0.2) is 4.98 Å². The maximum Gasteiger partial charge on any atom is 0.421 e. The number of hydrogen-bond donors (Lipinski definition) is 4. The summed E-state index contributed by atoms with van der Waals surface area (Å²) in [7, 11) is 1.44. The molecule has 0 fully saturated rings. The normalized spacial score (nSPS) is 17.1. The van der Waals surface area contributed by atoms with Gasteiger partial charge in [-0.1, -0.05) is 24.3 Å². The predicted molar refractivity (Wildman–Crippen MR) is 122 cm³/mol. The minimum atomic E-state index is -4.69. The van der Waals surface area contributed by atoms with Crippen molar-refractivity contribution in [1.29, 1.82) is 0 Å². The molecule has 1 aliphatic rings. The third kappa shape index (κ3) is 4.82. The van der Waals surface area contributed by atoms with Crippen molar-refractivity contribution < 1.29 is 22.7 Å². The number of nitrogen functional groups attached to an aromatic ring is 1. The fourth-order valence-corrected chi connectivity index (χ4v) is 3.99. The highest BCUT2D eigenvalue weighted by Crippen LogP contribution is 2.38. The highest BCUT2D eigenvalue weighted by molar-refractivity contribution is 5.74. The summed E-state index contributed by atoms with van der Waals surface area (Å²) in [6.45, 7) is 1.37. The second-order valence-electron chi connectivity index (χ2n) is 7.87. The Balaban J connectivity index is 1.68. The zero-order valence-corrected chi connectivity index (χ0v) is 18.4. The van der Waals surface area contributed by atoms with Gasteiger partial charge >= 0.3 is 6.18 Å². The van der Waals surface area contributed by atoms with E-state index in [9.17, 15) is 18.0 Å². The summed E-state index contributed by atoms with van der Waals surface area (Å²) >= 11 is 0. The third-order valence-electron chi connectivity index (χ3n) is 5.48. The van der Waals surface area contributed by atoms with E-state index in [1.165, 1.54) is 14.0 Å². The fraction of sp³-hybridized carbons (Fsp3) is 0.261. The van der Waals surface area contributed by atoms with Crippen molar-refractivity contribution >= 4 is 29.0 Å². The molecule has 2 aromatic carbocycles. The molecule has 2 atom stereocenters. The van der Waals surface area contributed by atoms with Crippen molar-refractivity contribution in [1.82, 2.24) is 15.3 Å². The average Bonchev–Trinajstić information content (AvgIpc) is 3.10. The Morgan fingerprint density at radius 3 is 2.68 bits per heavy atom. The SMILES string of the molecule is COc1cc(N)ccc1Nc1ncc(C(F)(F)F)c(N[C@@H]2Cc3ccccc3[C@H]2NC(C)=O)n1. The Morgan fingerprint density at radius 1 is 1.21 bits per heavy atom. The lowest BCUT2D eigenvalue weighted by Gasteiger charge is -2.24. The molecule has 0 saturated heterocycles. The zero-order chi connectivity index (χ0) is 24.5. The van der Waals surface area contributed by atoms with Crippen molar-refractivity contribution in [2.24, 2.45) is 0 Å². The quantitative estimate of drug-likeness (QED) is 0.400. The molecule has 34 heavy (non-hydrogen) atoms. The lowest BCUT2D eigenvalue weighted by atomic mass is 10.1. The Kier molecular flexibility index (Phi) is 6.18. The van der Waals surface area contributed by atoms with E-state index in [0.29, 0.717) is 23.5 Å². The van der Waals surface area contributed by atoms with Crippen LogP contribution in [0.15, 0.2) is 48.7 Å². The number of alkyl halides is 3. The molecular weight excluding hydrogens is 449 g/mol. The first-order valence-corrected chi connectivity index (χ1v) is 10.4. The topological polar surface area (TPSA) is 114 Å². The number of benzene rings is 2. The number of fused-ring (bicyclic) bond motifs is 1. The number of rotatable bonds is 6. The first-order chi connectivity index (χ1) is 16.2. The standard InChI is InChI=1S/C23H23F3N6O2/c1-12(33)29-20-15-6-4-3-5-13(15)9-18(20)30-21-16(23(24,25)26)11-28-22(32-21)31-17-8-7-14(27)10-19(17)34-2/h3-8,10-11,18,20H,9,27H2,1-2H3,(H,29,33)(H2,28,30,31,32)/t18-,20-/m1/s1. The first-order valence-electron chi connectivity index (χ1n) is 10.4. The smallest absolute Gasteiger partial charge is 0.421 e. The van der Waals surface area contributed by atoms with Gasteiger partial charge < -0.3 is 26.4 Å². The van der Waals surface area contributed by atoms with Crippen LogP contribution in [0.3, 0.4) is 0 Å². The number of aromatic nitrogens is 2. The van der Waals surface area contributed by atoms with Crippen LogP contribution in [-0.2, 0) is 17.4 Å². The predicted octanol–water partition coefficient (Wildman–Crippen LogP) is 4.04. The molecule has 0 saturated carbocycles. The van der Waals surface area contributed by atoms with Crippen LogP contribution in [0.25, 0.3) is 0 Å². The van der Waals surface area contributed by atoms with Crippen molar-refractivity contribution in [2.45, 2.75) is 31.6 Å². The van der Waals surface area contributed by atoms with Crippen molar-refractivity contribution in [3.63, 3.8) is 0 Å². The highest BCUT2D eigenvalue weighted by Gasteiger charge is 2.38. The van der Waals surface area contributed by atoms with Gasteiger partial charge in [-0.05, 0) is 29.7 Å². The number of nitrogens with one attached hydrogen (secondary N) is 3. The highest BCUT2D eigenvalue weighted by atomic mass is 19.4. The Labute approximate surface area is 193 Å². The molecule has 0 unspecified atom stereocenters. The molecule has 0 spiro atoms. The van der Waals surface area contributed by atoms with Crippen LogP contribution in [-0.4, -0.2) is 29.0 Å². The number of halogens is 3. The largest absolute Gasteiger partial charge is 0.494 e. The maximum absolute atomic E-state index is 13.8. The molecule has 0 aliphatic heterocycles. The summed E-state index contributed by atoms with van der Waals surface area (Å²) in [5, 5.41) is 8.61. The lowest BCUT2D eigenvalue weighted by Crippen LogP contribution is -2.37. The van der Waals surface area contributed by atoms with E-state index in [4.69, 9.17) is 10.5 Å². The van der Waals surface area contributed by atoms with E-state index in [1.807, 2.05) is 24.3 Å². The number of methoxy groups -OCH3 is 1. The minimum absolute atomic E-state index is 0.0647. The molecule has 4 rings (SSSR count). The summed E-state index contributed by atoms with van der Waals surface area (Å²) in [6.07, 6.45) is -3.55. The van der Waals surface area contributed by atoms with Crippen LogP contribution in [0.4, 0.5) is 36.3 Å². The summed E-state index contributed by atoms with van der Waals surface area (Å²) in [4.78, 5) is 19.8. The van der Waals surface area contributed by atoms with Gasteiger partial charge in [0.2, 0.25) is 11.9 Å². The van der Waals surface area contributed by atoms with Gasteiger partial charge in [0, 0.05) is 24.9 Å². The van der Waals surface area contributed by atoms with E-state index in [-0.39, 0.29) is 11.9 Å². The van der Waals surface area contributed by atoms with Crippen LogP contribution in [0.1, 0.15) is 29.7 Å². The number of carbonyl (C=O) groups is 1. The van der Waals surface area contributed by atoms with E-state index in [0.717, 1.165) is 17.3 Å². The second kappa shape index (κ2) is 9.08. The Bertz CT molecular complexity index is 1220. The van der Waals surface area contributed by atoms with E-state index < -0.39 is 29.6 Å². The number of nitrogens with zero attached hydrogens (tertiary/aromatic N) is 2. The van der Waals surface area contributed by atoms with Crippen molar-refractivity contribution in [3.05, 3.63) is 65.4 Å². The average molecular weight is 472 g/mol. The maximum atomic E-state index is 13.8. The molecule has 0 radical (unpaired) electrons. The van der Waals surface area contributed by atoms with Gasteiger partial charge in [-0.15, -0.1) is 0 Å². The molecule has 1 heterocycles. The molecule has 0 bridgehead atoms. The van der Waals surface area contributed by atoms with Crippen LogP contribution < -0.4 is 26.4 Å². The summed E-state index contributed by atoms with van der Waals surface area (Å²) in [6, 6.07) is 11.1. The number of anilines is 4. The monoisotopic (exact) mass is 472 g/mol. The minimum Gasteiger partial charge on any atom is -0.494 e.